The fraction of sp³-hybridized carbons (Fsp3) is 0.457. The number of rotatable bonds is 11. The molecule has 0 saturated heterocycles. The minimum absolute atomic E-state index is 0.0207. The summed E-state index contributed by atoms with van der Waals surface area (Å²) < 4.78 is 61.0. The Kier molecular flexibility index (Phi) is 16.0. The van der Waals surface area contributed by atoms with Crippen LogP contribution < -0.4 is 10.1 Å². The van der Waals surface area contributed by atoms with Crippen molar-refractivity contribution in [2.45, 2.75) is 92.9 Å². The molecule has 0 aliphatic rings. The smallest absolute Gasteiger partial charge is 0.395 e. The van der Waals surface area contributed by atoms with E-state index in [2.05, 4.69) is 30.7 Å². The van der Waals surface area contributed by atoms with Gasteiger partial charge in [-0.1, -0.05) is 54.5 Å². The second kappa shape index (κ2) is 18.3. The first kappa shape index (κ1) is 37.6. The Morgan fingerprint density at radius 1 is 1.00 bits per heavy atom. The summed E-state index contributed by atoms with van der Waals surface area (Å²) >= 11 is 0. The Bertz CT molecular complexity index is 1270. The van der Waals surface area contributed by atoms with E-state index in [-0.39, 0.29) is 29.9 Å². The van der Waals surface area contributed by atoms with Gasteiger partial charge in [-0.05, 0) is 97.5 Å². The molecule has 1 aromatic heterocycles. The summed E-state index contributed by atoms with van der Waals surface area (Å²) in [4.78, 5) is 4.51. The van der Waals surface area contributed by atoms with Crippen molar-refractivity contribution in [3.63, 3.8) is 0 Å². The van der Waals surface area contributed by atoms with Gasteiger partial charge in [-0.2, -0.15) is 13.2 Å². The summed E-state index contributed by atoms with van der Waals surface area (Å²) in [5.74, 6) is -1.41. The minimum Gasteiger partial charge on any atom is -0.493 e. The number of ether oxygens (including phenoxy) is 1. The van der Waals surface area contributed by atoms with Gasteiger partial charge in [0.05, 0.1) is 23.9 Å². The van der Waals surface area contributed by atoms with Gasteiger partial charge in [0.25, 0.3) is 0 Å². The van der Waals surface area contributed by atoms with Gasteiger partial charge in [-0.3, -0.25) is 0 Å². The standard InChI is InChI=1S/C30H34F4N2O2.C3H8.C2H6/c1-6-14-38-28-13-10-22(15-18(28)3)20(5)35-17-27(37)26-16-24(25(7-2)30(32,33)34)19(4)29(36-26)21-8-11-23(31)12-9-21;1-3-2;1-2/h8-13,15-16,25,27,35,37H,5-7,14,17H2,1-4H3;3H2,1-2H3;1-2H3. The van der Waals surface area contributed by atoms with E-state index in [1.54, 1.807) is 6.92 Å². The average Bonchev–Trinajstić information content (AvgIpc) is 2.97. The molecule has 2 atom stereocenters. The Morgan fingerprint density at radius 2 is 1.60 bits per heavy atom. The van der Waals surface area contributed by atoms with Gasteiger partial charge in [-0.15, -0.1) is 0 Å². The van der Waals surface area contributed by atoms with E-state index in [1.165, 1.54) is 43.7 Å². The molecule has 4 nitrogen and oxygen atoms in total. The van der Waals surface area contributed by atoms with Crippen molar-refractivity contribution >= 4 is 5.70 Å². The van der Waals surface area contributed by atoms with Gasteiger partial charge in [-0.25, -0.2) is 9.37 Å². The zero-order valence-electron chi connectivity index (χ0n) is 26.8. The molecule has 238 valence electrons. The third kappa shape index (κ3) is 11.0. The van der Waals surface area contributed by atoms with Crippen LogP contribution in [0.1, 0.15) is 101 Å². The second-order valence-corrected chi connectivity index (χ2v) is 10.0. The number of hydrogen-bond donors (Lipinski definition) is 2. The number of alkyl halides is 3. The molecule has 0 amide bonds. The number of nitrogens with zero attached hydrogens (tertiary/aromatic N) is 1. The maximum absolute atomic E-state index is 13.9. The SMILES string of the molecule is C=C(NCC(O)c1cc(C(CC)C(F)(F)F)c(C)c(-c2ccc(F)cc2)n1)c1ccc(OCCC)c(C)c1.CC.CCC. The highest BCUT2D eigenvalue weighted by Crippen LogP contribution is 2.41. The molecule has 2 N–H and O–H groups in total. The fourth-order valence-corrected chi connectivity index (χ4v) is 4.34. The van der Waals surface area contributed by atoms with E-state index in [9.17, 15) is 22.7 Å². The van der Waals surface area contributed by atoms with E-state index >= 15 is 0 Å². The molecule has 0 aliphatic heterocycles. The number of halogens is 4. The summed E-state index contributed by atoms with van der Waals surface area (Å²) in [6.45, 7) is 19.9. The Labute approximate surface area is 255 Å². The molecule has 1 heterocycles. The Morgan fingerprint density at radius 3 is 2.12 bits per heavy atom. The molecule has 8 heteroatoms. The van der Waals surface area contributed by atoms with Crippen LogP contribution in [0.25, 0.3) is 17.0 Å². The Balaban J connectivity index is 0.00000174. The Hall–Kier alpha value is -3.39. The number of aliphatic hydroxyl groups is 1. The summed E-state index contributed by atoms with van der Waals surface area (Å²) in [5, 5.41) is 14.0. The van der Waals surface area contributed by atoms with Gasteiger partial charge in [0.15, 0.2) is 0 Å². The van der Waals surface area contributed by atoms with E-state index in [1.807, 2.05) is 45.9 Å². The first-order valence-corrected chi connectivity index (χ1v) is 15.1. The molecular formula is C35H48F4N2O2. The van der Waals surface area contributed by atoms with Gasteiger partial charge < -0.3 is 15.2 Å². The number of aryl methyl sites for hydroxylation is 1. The van der Waals surface area contributed by atoms with Crippen LogP contribution in [0.4, 0.5) is 17.6 Å². The highest BCUT2D eigenvalue weighted by atomic mass is 19.4. The van der Waals surface area contributed by atoms with Crippen LogP contribution in [-0.2, 0) is 0 Å². The predicted octanol–water partition coefficient (Wildman–Crippen LogP) is 10.1. The summed E-state index contributed by atoms with van der Waals surface area (Å²) in [7, 11) is 0. The average molecular weight is 605 g/mol. The fourth-order valence-electron chi connectivity index (χ4n) is 4.34. The molecule has 0 radical (unpaired) electrons. The van der Waals surface area contributed by atoms with Crippen molar-refractivity contribution < 1.29 is 27.4 Å². The van der Waals surface area contributed by atoms with Crippen molar-refractivity contribution in [3.8, 4) is 17.0 Å². The molecule has 3 rings (SSSR count). The first-order valence-electron chi connectivity index (χ1n) is 15.1. The highest BCUT2D eigenvalue weighted by Gasteiger charge is 2.41. The van der Waals surface area contributed by atoms with Crippen LogP contribution in [-0.4, -0.2) is 29.4 Å². The van der Waals surface area contributed by atoms with Crippen LogP contribution in [0.15, 0.2) is 55.1 Å². The molecule has 0 aliphatic carbocycles. The summed E-state index contributed by atoms with van der Waals surface area (Å²) in [6.07, 6.45) is -3.71. The van der Waals surface area contributed by atoms with E-state index in [0.29, 0.717) is 23.4 Å². The number of aromatic nitrogens is 1. The largest absolute Gasteiger partial charge is 0.493 e. The molecule has 3 aromatic rings. The van der Waals surface area contributed by atoms with E-state index < -0.39 is 24.0 Å². The monoisotopic (exact) mass is 604 g/mol. The minimum atomic E-state index is -4.47. The predicted molar refractivity (Wildman–Crippen MR) is 170 cm³/mol. The summed E-state index contributed by atoms with van der Waals surface area (Å²) in [6, 6.07) is 12.3. The first-order chi connectivity index (χ1) is 20.4. The van der Waals surface area contributed by atoms with Crippen molar-refractivity contribution in [3.05, 3.63) is 88.9 Å². The number of aliphatic hydroxyl groups excluding tert-OH is 1. The molecule has 0 saturated carbocycles. The lowest BCUT2D eigenvalue weighted by molar-refractivity contribution is -0.151. The number of pyridine rings is 1. The van der Waals surface area contributed by atoms with Crippen molar-refractivity contribution in [1.82, 2.24) is 10.3 Å². The number of benzene rings is 2. The molecular weight excluding hydrogens is 556 g/mol. The topological polar surface area (TPSA) is 54.4 Å². The molecule has 2 unspecified atom stereocenters. The van der Waals surface area contributed by atoms with Crippen LogP contribution in [0.3, 0.4) is 0 Å². The van der Waals surface area contributed by atoms with Crippen LogP contribution in [0.2, 0.25) is 0 Å². The van der Waals surface area contributed by atoms with Gasteiger partial charge in [0, 0.05) is 17.8 Å². The van der Waals surface area contributed by atoms with Gasteiger partial charge in [0.1, 0.15) is 17.7 Å². The van der Waals surface area contributed by atoms with Crippen LogP contribution >= 0.6 is 0 Å². The molecule has 43 heavy (non-hydrogen) atoms. The van der Waals surface area contributed by atoms with E-state index in [4.69, 9.17) is 4.74 Å². The zero-order valence-corrected chi connectivity index (χ0v) is 26.8. The van der Waals surface area contributed by atoms with Crippen LogP contribution in [0.5, 0.6) is 5.75 Å². The summed E-state index contributed by atoms with van der Waals surface area (Å²) in [5.41, 5.74) is 3.49. The van der Waals surface area contributed by atoms with E-state index in [0.717, 1.165) is 23.3 Å². The lowest BCUT2D eigenvalue weighted by Gasteiger charge is -2.24. The number of hydrogen-bond acceptors (Lipinski definition) is 4. The van der Waals surface area contributed by atoms with Gasteiger partial charge >= 0.3 is 6.18 Å². The maximum Gasteiger partial charge on any atom is 0.395 e. The maximum atomic E-state index is 13.9. The normalized spacial score (nSPS) is 12.2. The molecule has 2 aromatic carbocycles. The molecule has 0 fully saturated rings. The van der Waals surface area contributed by atoms with Crippen molar-refractivity contribution in [1.29, 1.82) is 0 Å². The highest BCUT2D eigenvalue weighted by molar-refractivity contribution is 5.66. The lowest BCUT2D eigenvalue weighted by atomic mass is 9.89. The molecule has 0 spiro atoms. The number of nitrogens with one attached hydrogen (secondary N) is 1. The molecule has 0 bridgehead atoms. The third-order valence-corrected chi connectivity index (χ3v) is 6.46. The third-order valence-electron chi connectivity index (χ3n) is 6.46. The quantitative estimate of drug-likeness (QED) is 0.214. The van der Waals surface area contributed by atoms with Crippen molar-refractivity contribution in [2.24, 2.45) is 0 Å². The van der Waals surface area contributed by atoms with Crippen molar-refractivity contribution in [2.75, 3.05) is 13.2 Å². The lowest BCUT2D eigenvalue weighted by Crippen LogP contribution is -2.24. The second-order valence-electron chi connectivity index (χ2n) is 10.0. The zero-order chi connectivity index (χ0) is 32.7. The van der Waals surface area contributed by atoms with Gasteiger partial charge in [0.2, 0.25) is 0 Å². The van der Waals surface area contributed by atoms with Crippen LogP contribution in [0, 0.1) is 19.7 Å².